The van der Waals surface area contributed by atoms with E-state index in [1.807, 2.05) is 48.5 Å². The molecule has 0 aromatic heterocycles. The summed E-state index contributed by atoms with van der Waals surface area (Å²) in [6.07, 6.45) is 4.26. The molecule has 0 aliphatic rings. The van der Waals surface area contributed by atoms with Gasteiger partial charge in [0, 0.05) is 12.6 Å². The second-order valence-electron chi connectivity index (χ2n) is 5.30. The molecule has 0 unspecified atom stereocenters. The standard InChI is InChI=1S/C20H23NO3/c1-3-13-24-18-11-9-17(14-19(18)23-2)15-21-20(22)12-10-16-7-5-4-6-8-16/h4-12,14H,3,13,15H2,1-2H3,(H,21,22)/b12-10+. The van der Waals surface area contributed by atoms with Crippen LogP contribution in [0.1, 0.15) is 24.5 Å². The van der Waals surface area contributed by atoms with Gasteiger partial charge in [-0.05, 0) is 35.8 Å². The Hall–Kier alpha value is -2.75. The zero-order chi connectivity index (χ0) is 17.2. The molecule has 0 aliphatic carbocycles. The molecule has 0 bridgehead atoms. The van der Waals surface area contributed by atoms with E-state index in [-0.39, 0.29) is 5.91 Å². The summed E-state index contributed by atoms with van der Waals surface area (Å²) in [7, 11) is 1.61. The first-order valence-electron chi connectivity index (χ1n) is 8.03. The summed E-state index contributed by atoms with van der Waals surface area (Å²) in [5, 5.41) is 2.86. The van der Waals surface area contributed by atoms with E-state index in [0.29, 0.717) is 18.9 Å². The van der Waals surface area contributed by atoms with Gasteiger partial charge in [0.25, 0.3) is 0 Å². The van der Waals surface area contributed by atoms with E-state index in [0.717, 1.165) is 23.3 Å². The number of hydrogen-bond donors (Lipinski definition) is 1. The van der Waals surface area contributed by atoms with E-state index in [1.165, 1.54) is 6.08 Å². The molecular formula is C20H23NO3. The summed E-state index contributed by atoms with van der Waals surface area (Å²) in [4.78, 5) is 11.9. The fraction of sp³-hybridized carbons (Fsp3) is 0.250. The smallest absolute Gasteiger partial charge is 0.244 e. The van der Waals surface area contributed by atoms with Crippen molar-refractivity contribution in [3.8, 4) is 11.5 Å². The third-order valence-electron chi connectivity index (χ3n) is 3.38. The van der Waals surface area contributed by atoms with E-state index >= 15 is 0 Å². The minimum Gasteiger partial charge on any atom is -0.493 e. The minimum absolute atomic E-state index is 0.135. The predicted molar refractivity (Wildman–Crippen MR) is 96.1 cm³/mol. The van der Waals surface area contributed by atoms with Crippen LogP contribution in [-0.4, -0.2) is 19.6 Å². The Morgan fingerprint density at radius 3 is 2.62 bits per heavy atom. The molecule has 4 nitrogen and oxygen atoms in total. The molecule has 126 valence electrons. The van der Waals surface area contributed by atoms with Gasteiger partial charge in [-0.15, -0.1) is 0 Å². The summed E-state index contributed by atoms with van der Waals surface area (Å²) in [6, 6.07) is 15.4. The summed E-state index contributed by atoms with van der Waals surface area (Å²) < 4.78 is 11.0. The number of ether oxygens (including phenoxy) is 2. The van der Waals surface area contributed by atoms with Gasteiger partial charge >= 0.3 is 0 Å². The molecule has 0 radical (unpaired) electrons. The molecule has 0 heterocycles. The van der Waals surface area contributed by atoms with Gasteiger partial charge in [-0.3, -0.25) is 4.79 Å². The fourth-order valence-corrected chi connectivity index (χ4v) is 2.14. The maximum Gasteiger partial charge on any atom is 0.244 e. The normalized spacial score (nSPS) is 10.6. The van der Waals surface area contributed by atoms with Gasteiger partial charge in [0.05, 0.1) is 13.7 Å². The zero-order valence-corrected chi connectivity index (χ0v) is 14.1. The number of amides is 1. The zero-order valence-electron chi connectivity index (χ0n) is 14.1. The van der Waals surface area contributed by atoms with Gasteiger partial charge in [0.1, 0.15) is 0 Å². The molecule has 1 N–H and O–H groups in total. The SMILES string of the molecule is CCCOc1ccc(CNC(=O)/C=C/c2ccccc2)cc1OC. The highest BCUT2D eigenvalue weighted by molar-refractivity contribution is 5.91. The number of rotatable bonds is 8. The lowest BCUT2D eigenvalue weighted by Gasteiger charge is -2.11. The first-order chi connectivity index (χ1) is 11.7. The maximum atomic E-state index is 11.9. The van der Waals surface area contributed by atoms with E-state index in [9.17, 15) is 4.79 Å². The molecule has 0 fully saturated rings. The van der Waals surface area contributed by atoms with Crippen LogP contribution in [-0.2, 0) is 11.3 Å². The molecule has 1 amide bonds. The molecule has 2 rings (SSSR count). The van der Waals surface area contributed by atoms with Crippen LogP contribution in [0.5, 0.6) is 11.5 Å². The first-order valence-corrected chi connectivity index (χ1v) is 8.03. The Kier molecular flexibility index (Phi) is 6.90. The number of carbonyl (C=O) groups excluding carboxylic acids is 1. The average molecular weight is 325 g/mol. The second kappa shape index (κ2) is 9.40. The van der Waals surface area contributed by atoms with Crippen LogP contribution in [0, 0.1) is 0 Å². The number of hydrogen-bond acceptors (Lipinski definition) is 3. The van der Waals surface area contributed by atoms with Crippen LogP contribution in [0.2, 0.25) is 0 Å². The van der Waals surface area contributed by atoms with Gasteiger partial charge in [-0.2, -0.15) is 0 Å². The van der Waals surface area contributed by atoms with Gasteiger partial charge in [-0.25, -0.2) is 0 Å². The molecule has 2 aromatic rings. The van der Waals surface area contributed by atoms with Crippen molar-refractivity contribution >= 4 is 12.0 Å². The van der Waals surface area contributed by atoms with Crippen LogP contribution < -0.4 is 14.8 Å². The molecule has 24 heavy (non-hydrogen) atoms. The largest absolute Gasteiger partial charge is 0.493 e. The van der Waals surface area contributed by atoms with E-state index < -0.39 is 0 Å². The van der Waals surface area contributed by atoms with Gasteiger partial charge in [0.2, 0.25) is 5.91 Å². The van der Waals surface area contributed by atoms with Crippen molar-refractivity contribution in [2.75, 3.05) is 13.7 Å². The Morgan fingerprint density at radius 2 is 1.92 bits per heavy atom. The maximum absolute atomic E-state index is 11.9. The summed E-state index contributed by atoms with van der Waals surface area (Å²) in [5.41, 5.74) is 1.95. The number of benzene rings is 2. The Morgan fingerprint density at radius 1 is 1.12 bits per heavy atom. The van der Waals surface area contributed by atoms with Crippen LogP contribution in [0.15, 0.2) is 54.6 Å². The molecule has 0 spiro atoms. The van der Waals surface area contributed by atoms with E-state index in [1.54, 1.807) is 13.2 Å². The monoisotopic (exact) mass is 325 g/mol. The molecular weight excluding hydrogens is 302 g/mol. The fourth-order valence-electron chi connectivity index (χ4n) is 2.14. The first kappa shape index (κ1) is 17.6. The third-order valence-corrected chi connectivity index (χ3v) is 3.38. The van der Waals surface area contributed by atoms with Crippen LogP contribution in [0.3, 0.4) is 0 Å². The van der Waals surface area contributed by atoms with Crippen molar-refractivity contribution in [1.29, 1.82) is 0 Å². The van der Waals surface area contributed by atoms with Crippen molar-refractivity contribution < 1.29 is 14.3 Å². The molecule has 0 saturated heterocycles. The molecule has 4 heteroatoms. The quantitative estimate of drug-likeness (QED) is 0.751. The highest BCUT2D eigenvalue weighted by atomic mass is 16.5. The summed E-state index contributed by atoms with van der Waals surface area (Å²) in [5.74, 6) is 1.26. The Bertz CT molecular complexity index is 681. The van der Waals surface area contributed by atoms with E-state index in [2.05, 4.69) is 12.2 Å². The van der Waals surface area contributed by atoms with E-state index in [4.69, 9.17) is 9.47 Å². The van der Waals surface area contributed by atoms with Crippen LogP contribution in [0.25, 0.3) is 6.08 Å². The predicted octanol–water partition coefficient (Wildman–Crippen LogP) is 3.81. The van der Waals surface area contributed by atoms with Gasteiger partial charge < -0.3 is 14.8 Å². The summed E-state index contributed by atoms with van der Waals surface area (Å²) in [6.45, 7) is 3.14. The van der Waals surface area contributed by atoms with Crippen LogP contribution in [0.4, 0.5) is 0 Å². The lowest BCUT2D eigenvalue weighted by Crippen LogP contribution is -2.20. The van der Waals surface area contributed by atoms with Crippen molar-refractivity contribution in [3.63, 3.8) is 0 Å². The molecule has 0 aliphatic heterocycles. The lowest BCUT2D eigenvalue weighted by molar-refractivity contribution is -0.116. The number of methoxy groups -OCH3 is 1. The van der Waals surface area contributed by atoms with Crippen molar-refractivity contribution in [1.82, 2.24) is 5.32 Å². The van der Waals surface area contributed by atoms with Crippen LogP contribution >= 0.6 is 0 Å². The third kappa shape index (κ3) is 5.47. The van der Waals surface area contributed by atoms with Crippen molar-refractivity contribution in [2.45, 2.75) is 19.9 Å². The lowest BCUT2D eigenvalue weighted by atomic mass is 10.2. The Labute approximate surface area is 143 Å². The highest BCUT2D eigenvalue weighted by Gasteiger charge is 2.06. The Balaban J connectivity index is 1.91. The average Bonchev–Trinajstić information content (AvgIpc) is 2.64. The minimum atomic E-state index is -0.135. The number of nitrogens with one attached hydrogen (secondary N) is 1. The van der Waals surface area contributed by atoms with Gasteiger partial charge in [0.15, 0.2) is 11.5 Å². The number of carbonyl (C=O) groups is 1. The topological polar surface area (TPSA) is 47.6 Å². The van der Waals surface area contributed by atoms with Gasteiger partial charge in [-0.1, -0.05) is 43.3 Å². The summed E-state index contributed by atoms with van der Waals surface area (Å²) >= 11 is 0. The van der Waals surface area contributed by atoms with Crippen molar-refractivity contribution in [2.24, 2.45) is 0 Å². The second-order valence-corrected chi connectivity index (χ2v) is 5.30. The molecule has 2 aromatic carbocycles. The molecule has 0 saturated carbocycles. The highest BCUT2D eigenvalue weighted by Crippen LogP contribution is 2.28. The van der Waals surface area contributed by atoms with Crippen molar-refractivity contribution in [3.05, 3.63) is 65.7 Å². The molecule has 0 atom stereocenters.